The Kier molecular flexibility index (Phi) is 4.40. The van der Waals surface area contributed by atoms with Crippen molar-refractivity contribution in [2.24, 2.45) is 0 Å². The van der Waals surface area contributed by atoms with E-state index in [4.69, 9.17) is 11.6 Å². The molecule has 0 aliphatic carbocycles. The number of rotatable bonds is 4. The summed E-state index contributed by atoms with van der Waals surface area (Å²) in [5.41, 5.74) is 0.931. The van der Waals surface area contributed by atoms with Gasteiger partial charge in [0.25, 0.3) is 0 Å². The Hall–Kier alpha value is -0.560. The zero-order chi connectivity index (χ0) is 10.6. The van der Waals surface area contributed by atoms with E-state index >= 15 is 0 Å². The summed E-state index contributed by atoms with van der Waals surface area (Å²) < 4.78 is 13.0. The Labute approximate surface area is 90.1 Å². The number of unbranched alkanes of at least 4 members (excludes halogenated alkanes) is 1. The molecule has 0 amide bonds. The molecule has 0 radical (unpaired) electrons. The fourth-order valence-electron chi connectivity index (χ4n) is 1.56. The largest absolute Gasteiger partial charge is 0.207 e. The third kappa shape index (κ3) is 2.98. The number of hydrogen-bond donors (Lipinski definition) is 0. The summed E-state index contributed by atoms with van der Waals surface area (Å²) in [6.07, 6.45) is 3.39. The van der Waals surface area contributed by atoms with Crippen molar-refractivity contribution >= 4 is 11.6 Å². The van der Waals surface area contributed by atoms with Gasteiger partial charge in [0.15, 0.2) is 0 Å². The average Bonchev–Trinajstić information content (AvgIpc) is 2.18. The molecule has 0 fully saturated rings. The fourth-order valence-corrected chi connectivity index (χ4v) is 1.86. The van der Waals surface area contributed by atoms with Gasteiger partial charge in [-0.05, 0) is 36.1 Å². The average molecular weight is 215 g/mol. The second-order valence-electron chi connectivity index (χ2n) is 3.71. The number of halogens is 2. The van der Waals surface area contributed by atoms with Crippen molar-refractivity contribution in [1.29, 1.82) is 0 Å². The summed E-state index contributed by atoms with van der Waals surface area (Å²) in [6, 6.07) is 4.58. The highest BCUT2D eigenvalue weighted by molar-refractivity contribution is 6.31. The first-order valence-electron chi connectivity index (χ1n) is 5.10. The predicted octanol–water partition coefficient (Wildman–Crippen LogP) is 4.77. The van der Waals surface area contributed by atoms with E-state index in [-0.39, 0.29) is 5.82 Å². The van der Waals surface area contributed by atoms with Gasteiger partial charge in [0.1, 0.15) is 5.82 Å². The summed E-state index contributed by atoms with van der Waals surface area (Å²) in [5.74, 6) is 0.144. The molecule has 14 heavy (non-hydrogen) atoms. The number of hydrogen-bond acceptors (Lipinski definition) is 0. The fraction of sp³-hybridized carbons (Fsp3) is 0.500. The second kappa shape index (κ2) is 5.35. The maximum absolute atomic E-state index is 13.0. The Morgan fingerprint density at radius 3 is 2.79 bits per heavy atom. The molecule has 0 nitrogen and oxygen atoms in total. The Bertz CT molecular complexity index is 296. The second-order valence-corrected chi connectivity index (χ2v) is 4.12. The van der Waals surface area contributed by atoms with Crippen LogP contribution in [0.3, 0.4) is 0 Å². The first-order valence-corrected chi connectivity index (χ1v) is 5.48. The van der Waals surface area contributed by atoms with Crippen LogP contribution in [-0.2, 0) is 0 Å². The first-order chi connectivity index (χ1) is 6.65. The van der Waals surface area contributed by atoms with Gasteiger partial charge in [-0.15, -0.1) is 0 Å². The standard InChI is InChI=1S/C12H16ClF/c1-3-4-5-9(2)11-8-10(14)6-7-12(11)13/h6-9H,3-5H2,1-2H3. The van der Waals surface area contributed by atoms with E-state index in [1.165, 1.54) is 6.07 Å². The van der Waals surface area contributed by atoms with Crippen LogP contribution in [0.25, 0.3) is 0 Å². The van der Waals surface area contributed by atoms with Gasteiger partial charge >= 0.3 is 0 Å². The lowest BCUT2D eigenvalue weighted by atomic mass is 9.95. The smallest absolute Gasteiger partial charge is 0.123 e. The summed E-state index contributed by atoms with van der Waals surface area (Å²) in [4.78, 5) is 0. The van der Waals surface area contributed by atoms with Gasteiger partial charge in [0, 0.05) is 5.02 Å². The lowest BCUT2D eigenvalue weighted by molar-refractivity contribution is 0.602. The zero-order valence-electron chi connectivity index (χ0n) is 8.69. The summed E-state index contributed by atoms with van der Waals surface area (Å²) >= 11 is 6.00. The minimum absolute atomic E-state index is 0.201. The van der Waals surface area contributed by atoms with Gasteiger partial charge in [-0.3, -0.25) is 0 Å². The summed E-state index contributed by atoms with van der Waals surface area (Å²) in [5, 5.41) is 0.676. The predicted molar refractivity (Wildman–Crippen MR) is 59.4 cm³/mol. The van der Waals surface area contributed by atoms with E-state index in [9.17, 15) is 4.39 Å². The third-order valence-corrected chi connectivity index (χ3v) is 2.82. The molecule has 0 aliphatic rings. The van der Waals surface area contributed by atoms with Gasteiger partial charge < -0.3 is 0 Å². The molecular weight excluding hydrogens is 199 g/mol. The topological polar surface area (TPSA) is 0 Å². The van der Waals surface area contributed by atoms with E-state index in [1.807, 2.05) is 0 Å². The van der Waals surface area contributed by atoms with E-state index in [0.29, 0.717) is 10.9 Å². The molecule has 1 aromatic rings. The molecule has 0 bridgehead atoms. The maximum atomic E-state index is 13.0. The van der Waals surface area contributed by atoms with Gasteiger partial charge in [0.2, 0.25) is 0 Å². The van der Waals surface area contributed by atoms with E-state index in [1.54, 1.807) is 12.1 Å². The first kappa shape index (κ1) is 11.5. The Balaban J connectivity index is 2.77. The molecule has 1 atom stereocenters. The molecule has 1 rings (SSSR count). The molecule has 1 aromatic carbocycles. The van der Waals surface area contributed by atoms with Crippen LogP contribution >= 0.6 is 11.6 Å². The van der Waals surface area contributed by atoms with Crippen LogP contribution in [0.5, 0.6) is 0 Å². The van der Waals surface area contributed by atoms with Crippen molar-refractivity contribution in [3.05, 3.63) is 34.6 Å². The SMILES string of the molecule is CCCCC(C)c1cc(F)ccc1Cl. The van der Waals surface area contributed by atoms with Crippen molar-refractivity contribution in [3.8, 4) is 0 Å². The molecule has 0 aromatic heterocycles. The molecular formula is C12H16ClF. The van der Waals surface area contributed by atoms with Crippen molar-refractivity contribution < 1.29 is 4.39 Å². The molecule has 0 saturated heterocycles. The number of benzene rings is 1. The molecule has 0 saturated carbocycles. The van der Waals surface area contributed by atoms with Gasteiger partial charge in [-0.25, -0.2) is 4.39 Å². The van der Waals surface area contributed by atoms with Crippen LogP contribution in [0.15, 0.2) is 18.2 Å². The third-order valence-electron chi connectivity index (χ3n) is 2.48. The molecule has 0 spiro atoms. The summed E-state index contributed by atoms with van der Waals surface area (Å²) in [7, 11) is 0. The molecule has 0 aliphatic heterocycles. The molecule has 2 heteroatoms. The molecule has 0 N–H and O–H groups in total. The quantitative estimate of drug-likeness (QED) is 0.677. The molecule has 1 unspecified atom stereocenters. The minimum atomic E-state index is -0.201. The van der Waals surface area contributed by atoms with E-state index in [0.717, 1.165) is 24.8 Å². The van der Waals surface area contributed by atoms with Crippen molar-refractivity contribution in [3.63, 3.8) is 0 Å². The van der Waals surface area contributed by atoms with Crippen LogP contribution < -0.4 is 0 Å². The van der Waals surface area contributed by atoms with Crippen molar-refractivity contribution in [1.82, 2.24) is 0 Å². The molecule has 0 heterocycles. The van der Waals surface area contributed by atoms with Crippen molar-refractivity contribution in [2.45, 2.75) is 39.0 Å². The van der Waals surface area contributed by atoms with E-state index < -0.39 is 0 Å². The van der Waals surface area contributed by atoms with Crippen LogP contribution in [-0.4, -0.2) is 0 Å². The monoisotopic (exact) mass is 214 g/mol. The van der Waals surface area contributed by atoms with Crippen LogP contribution in [0.2, 0.25) is 5.02 Å². The lowest BCUT2D eigenvalue weighted by Gasteiger charge is -2.12. The molecule has 78 valence electrons. The van der Waals surface area contributed by atoms with Crippen LogP contribution in [0.1, 0.15) is 44.6 Å². The Morgan fingerprint density at radius 2 is 2.14 bits per heavy atom. The van der Waals surface area contributed by atoms with E-state index in [2.05, 4.69) is 13.8 Å². The highest BCUT2D eigenvalue weighted by Gasteiger charge is 2.09. The van der Waals surface area contributed by atoms with Gasteiger partial charge in [-0.1, -0.05) is 38.3 Å². The lowest BCUT2D eigenvalue weighted by Crippen LogP contribution is -1.95. The minimum Gasteiger partial charge on any atom is -0.207 e. The summed E-state index contributed by atoms with van der Waals surface area (Å²) in [6.45, 7) is 4.25. The maximum Gasteiger partial charge on any atom is 0.123 e. The van der Waals surface area contributed by atoms with Crippen LogP contribution in [0.4, 0.5) is 4.39 Å². The highest BCUT2D eigenvalue weighted by atomic mass is 35.5. The van der Waals surface area contributed by atoms with Crippen LogP contribution in [0, 0.1) is 5.82 Å². The Morgan fingerprint density at radius 1 is 1.43 bits per heavy atom. The van der Waals surface area contributed by atoms with Gasteiger partial charge in [0.05, 0.1) is 0 Å². The zero-order valence-corrected chi connectivity index (χ0v) is 9.44. The van der Waals surface area contributed by atoms with Crippen molar-refractivity contribution in [2.75, 3.05) is 0 Å². The normalized spacial score (nSPS) is 12.9. The highest BCUT2D eigenvalue weighted by Crippen LogP contribution is 2.28. The van der Waals surface area contributed by atoms with Gasteiger partial charge in [-0.2, -0.15) is 0 Å².